The predicted molar refractivity (Wildman–Crippen MR) is 116 cm³/mol. The van der Waals surface area contributed by atoms with E-state index in [1.54, 1.807) is 19.9 Å². The van der Waals surface area contributed by atoms with E-state index in [-0.39, 0.29) is 52.2 Å². The van der Waals surface area contributed by atoms with Crippen molar-refractivity contribution in [3.8, 4) is 0 Å². The zero-order valence-corrected chi connectivity index (χ0v) is 18.5. The number of nitrogens with zero attached hydrogens (tertiary/aromatic N) is 1. The maximum atomic E-state index is 12.6. The molecule has 0 fully saturated rings. The number of amides is 1. The number of para-hydroxylation sites is 1. The van der Waals surface area contributed by atoms with E-state index in [9.17, 15) is 24.5 Å². The third-order valence-corrected chi connectivity index (χ3v) is 5.34. The Morgan fingerprint density at radius 3 is 2.45 bits per heavy atom. The molecule has 9 nitrogen and oxygen atoms in total. The molecule has 1 N–H and O–H groups in total. The SMILES string of the molecule is CCOC(=O)c1c(NC(=O)Cc2ccccc2[N+](=O)[O-])sc(C(=O)OCC(C)C)c1C. The highest BCUT2D eigenvalue weighted by Gasteiger charge is 2.28. The van der Waals surface area contributed by atoms with Gasteiger partial charge in [-0.2, -0.15) is 0 Å². The first-order chi connectivity index (χ1) is 14.6. The lowest BCUT2D eigenvalue weighted by atomic mass is 10.1. The van der Waals surface area contributed by atoms with E-state index < -0.39 is 22.8 Å². The van der Waals surface area contributed by atoms with Crippen LogP contribution in [-0.2, 0) is 20.7 Å². The summed E-state index contributed by atoms with van der Waals surface area (Å²) in [6, 6.07) is 5.90. The van der Waals surface area contributed by atoms with Crippen molar-refractivity contribution in [3.63, 3.8) is 0 Å². The standard InChI is InChI=1S/C21H24N2O7S/c1-5-29-20(25)17-13(4)18(21(26)30-11-12(2)3)31-19(17)22-16(24)10-14-8-6-7-9-15(14)23(27)28/h6-9,12H,5,10-11H2,1-4H3,(H,22,24). The van der Waals surface area contributed by atoms with E-state index in [0.29, 0.717) is 5.56 Å². The van der Waals surface area contributed by atoms with E-state index >= 15 is 0 Å². The summed E-state index contributed by atoms with van der Waals surface area (Å²) in [4.78, 5) is 48.3. The summed E-state index contributed by atoms with van der Waals surface area (Å²) in [5, 5.41) is 13.9. The molecule has 0 unspecified atom stereocenters. The van der Waals surface area contributed by atoms with Gasteiger partial charge in [0, 0.05) is 11.6 Å². The molecule has 1 heterocycles. The molecule has 0 saturated heterocycles. The summed E-state index contributed by atoms with van der Waals surface area (Å²) in [6.07, 6.45) is -0.274. The van der Waals surface area contributed by atoms with Gasteiger partial charge in [-0.25, -0.2) is 9.59 Å². The Kier molecular flexibility index (Phi) is 8.26. The van der Waals surface area contributed by atoms with Gasteiger partial charge in [-0.1, -0.05) is 32.0 Å². The Balaban J connectivity index is 2.32. The zero-order valence-electron chi connectivity index (χ0n) is 17.7. The number of nitro groups is 1. The Morgan fingerprint density at radius 2 is 1.84 bits per heavy atom. The molecule has 1 aromatic carbocycles. The van der Waals surface area contributed by atoms with Crippen molar-refractivity contribution in [2.45, 2.75) is 34.1 Å². The van der Waals surface area contributed by atoms with Crippen molar-refractivity contribution >= 4 is 39.9 Å². The summed E-state index contributed by atoms with van der Waals surface area (Å²) in [5.41, 5.74) is 0.466. The Labute approximate surface area is 183 Å². The van der Waals surface area contributed by atoms with Gasteiger partial charge in [0.25, 0.3) is 5.69 Å². The number of carbonyl (C=O) groups excluding carboxylic acids is 3. The van der Waals surface area contributed by atoms with Gasteiger partial charge in [0.15, 0.2) is 0 Å². The molecule has 0 saturated carbocycles. The lowest BCUT2D eigenvalue weighted by Gasteiger charge is -2.07. The number of benzene rings is 1. The summed E-state index contributed by atoms with van der Waals surface area (Å²) in [6.45, 7) is 7.34. The van der Waals surface area contributed by atoms with Crippen LogP contribution >= 0.6 is 11.3 Å². The molecular formula is C21H24N2O7S. The first kappa shape index (κ1) is 24.0. The van der Waals surface area contributed by atoms with Crippen LogP contribution in [0.15, 0.2) is 24.3 Å². The second-order valence-corrected chi connectivity index (χ2v) is 8.10. The summed E-state index contributed by atoms with van der Waals surface area (Å²) in [7, 11) is 0. The van der Waals surface area contributed by atoms with Crippen molar-refractivity contribution in [1.82, 2.24) is 0 Å². The minimum Gasteiger partial charge on any atom is -0.462 e. The maximum absolute atomic E-state index is 12.6. The third-order valence-electron chi connectivity index (χ3n) is 4.15. The second-order valence-electron chi connectivity index (χ2n) is 7.08. The average Bonchev–Trinajstić information content (AvgIpc) is 3.02. The van der Waals surface area contributed by atoms with Gasteiger partial charge in [-0.05, 0) is 25.3 Å². The van der Waals surface area contributed by atoms with E-state index in [1.807, 2.05) is 13.8 Å². The van der Waals surface area contributed by atoms with Gasteiger partial charge in [0.2, 0.25) is 5.91 Å². The summed E-state index contributed by atoms with van der Waals surface area (Å²) in [5.74, 6) is -1.71. The number of hydrogen-bond donors (Lipinski definition) is 1. The number of anilines is 1. The Bertz CT molecular complexity index is 998. The van der Waals surface area contributed by atoms with Crippen LogP contribution in [0.1, 0.15) is 51.9 Å². The molecular weight excluding hydrogens is 424 g/mol. The smallest absolute Gasteiger partial charge is 0.348 e. The van der Waals surface area contributed by atoms with Crippen LogP contribution in [0, 0.1) is 23.0 Å². The van der Waals surface area contributed by atoms with Crippen LogP contribution in [0.4, 0.5) is 10.7 Å². The molecule has 0 aliphatic rings. The van der Waals surface area contributed by atoms with Gasteiger partial charge in [0.1, 0.15) is 9.88 Å². The first-order valence-electron chi connectivity index (χ1n) is 9.65. The molecule has 0 radical (unpaired) electrons. The topological polar surface area (TPSA) is 125 Å². The van der Waals surface area contributed by atoms with E-state index in [0.717, 1.165) is 11.3 Å². The highest BCUT2D eigenvalue weighted by Crippen LogP contribution is 2.34. The quantitative estimate of drug-likeness (QED) is 0.347. The molecule has 1 aromatic heterocycles. The Hall–Kier alpha value is -3.27. The zero-order chi connectivity index (χ0) is 23.1. The lowest BCUT2D eigenvalue weighted by molar-refractivity contribution is -0.385. The molecule has 31 heavy (non-hydrogen) atoms. The van der Waals surface area contributed by atoms with Gasteiger partial charge >= 0.3 is 11.9 Å². The van der Waals surface area contributed by atoms with Crippen molar-refractivity contribution in [3.05, 3.63) is 55.9 Å². The minimum atomic E-state index is -0.680. The van der Waals surface area contributed by atoms with Crippen molar-refractivity contribution in [2.75, 3.05) is 18.5 Å². The van der Waals surface area contributed by atoms with Crippen LogP contribution in [0.5, 0.6) is 0 Å². The van der Waals surface area contributed by atoms with Gasteiger partial charge in [-0.15, -0.1) is 11.3 Å². The third kappa shape index (κ3) is 6.11. The highest BCUT2D eigenvalue weighted by molar-refractivity contribution is 7.18. The van der Waals surface area contributed by atoms with Crippen LogP contribution in [0.3, 0.4) is 0 Å². The molecule has 2 aromatic rings. The monoisotopic (exact) mass is 448 g/mol. The van der Waals surface area contributed by atoms with E-state index in [1.165, 1.54) is 18.2 Å². The van der Waals surface area contributed by atoms with Gasteiger partial charge in [0.05, 0.1) is 30.1 Å². The number of nitro benzene ring substituents is 1. The average molecular weight is 448 g/mol. The van der Waals surface area contributed by atoms with Crippen molar-refractivity contribution in [2.24, 2.45) is 5.92 Å². The summed E-state index contributed by atoms with van der Waals surface area (Å²) < 4.78 is 10.3. The van der Waals surface area contributed by atoms with Crippen LogP contribution in [-0.4, -0.2) is 36.0 Å². The van der Waals surface area contributed by atoms with Crippen LogP contribution in [0.2, 0.25) is 0 Å². The minimum absolute atomic E-state index is 0.0688. The van der Waals surface area contributed by atoms with E-state index in [4.69, 9.17) is 9.47 Å². The largest absolute Gasteiger partial charge is 0.462 e. The van der Waals surface area contributed by atoms with Crippen LogP contribution in [0.25, 0.3) is 0 Å². The second kappa shape index (κ2) is 10.7. The van der Waals surface area contributed by atoms with Crippen molar-refractivity contribution < 1.29 is 28.8 Å². The molecule has 1 amide bonds. The molecule has 0 aliphatic heterocycles. The Morgan fingerprint density at radius 1 is 1.16 bits per heavy atom. The number of nitrogens with one attached hydrogen (secondary N) is 1. The molecule has 0 spiro atoms. The fourth-order valence-electron chi connectivity index (χ4n) is 2.74. The van der Waals surface area contributed by atoms with Crippen molar-refractivity contribution in [1.29, 1.82) is 0 Å². The number of thiophene rings is 1. The van der Waals surface area contributed by atoms with Gasteiger partial charge in [-0.3, -0.25) is 14.9 Å². The van der Waals surface area contributed by atoms with Gasteiger partial charge < -0.3 is 14.8 Å². The van der Waals surface area contributed by atoms with Crippen LogP contribution < -0.4 is 5.32 Å². The maximum Gasteiger partial charge on any atom is 0.348 e. The number of ether oxygens (including phenoxy) is 2. The normalized spacial score (nSPS) is 10.6. The predicted octanol–water partition coefficient (Wildman–Crippen LogP) is 4.14. The molecule has 0 aliphatic carbocycles. The fourth-order valence-corrected chi connectivity index (χ4v) is 3.84. The number of hydrogen-bond acceptors (Lipinski definition) is 8. The lowest BCUT2D eigenvalue weighted by Crippen LogP contribution is -2.17. The number of esters is 2. The highest BCUT2D eigenvalue weighted by atomic mass is 32.1. The molecule has 0 atom stereocenters. The number of carbonyl (C=O) groups is 3. The first-order valence-corrected chi connectivity index (χ1v) is 10.5. The summed E-state index contributed by atoms with van der Waals surface area (Å²) >= 11 is 0.908. The molecule has 166 valence electrons. The molecule has 0 bridgehead atoms. The molecule has 10 heteroatoms. The number of rotatable bonds is 9. The molecule has 2 rings (SSSR count). The fraction of sp³-hybridized carbons (Fsp3) is 0.381. The van der Waals surface area contributed by atoms with E-state index in [2.05, 4.69) is 5.32 Å².